The number of ether oxygens (including phenoxy) is 2. The Balaban J connectivity index is 1.77. The third-order valence-corrected chi connectivity index (χ3v) is 4.27. The van der Waals surface area contributed by atoms with Crippen LogP contribution in [0.3, 0.4) is 0 Å². The van der Waals surface area contributed by atoms with Gasteiger partial charge in [-0.1, -0.05) is 30.3 Å². The van der Waals surface area contributed by atoms with Gasteiger partial charge in [0.2, 0.25) is 0 Å². The first-order chi connectivity index (χ1) is 10.4. The first kappa shape index (κ1) is 12.7. The highest BCUT2D eigenvalue weighted by atomic mass is 16.5. The minimum atomic E-state index is -0.0658. The lowest BCUT2D eigenvalue weighted by molar-refractivity contribution is 0.350. The van der Waals surface area contributed by atoms with Crippen LogP contribution >= 0.6 is 0 Å². The maximum Gasteiger partial charge on any atom is 0.127 e. The molecule has 0 saturated heterocycles. The Hall–Kier alpha value is -2.04. The fraction of sp³-hybridized carbons (Fsp3) is 0.294. The lowest BCUT2D eigenvalue weighted by Crippen LogP contribution is -2.29. The van der Waals surface area contributed by atoms with Crippen LogP contribution < -0.4 is 20.7 Å². The minimum Gasteiger partial charge on any atom is -0.493 e. The van der Waals surface area contributed by atoms with Crippen LogP contribution in [0.15, 0.2) is 36.4 Å². The number of rotatable bonds is 3. The van der Waals surface area contributed by atoms with Crippen molar-refractivity contribution >= 4 is 0 Å². The smallest absolute Gasteiger partial charge is 0.127 e. The van der Waals surface area contributed by atoms with Gasteiger partial charge in [0.25, 0.3) is 0 Å². The van der Waals surface area contributed by atoms with Crippen molar-refractivity contribution in [3.05, 3.63) is 58.7 Å². The quantitative estimate of drug-likeness (QED) is 0.669. The van der Waals surface area contributed by atoms with Crippen LogP contribution in [0.5, 0.6) is 11.5 Å². The summed E-state index contributed by atoms with van der Waals surface area (Å²) in [4.78, 5) is 0. The second-order valence-electron chi connectivity index (χ2n) is 5.50. The first-order valence-corrected chi connectivity index (χ1v) is 7.33. The normalized spacial score (nSPS) is 16.8. The highest BCUT2D eigenvalue weighted by molar-refractivity contribution is 5.50. The summed E-state index contributed by atoms with van der Waals surface area (Å²) in [6.07, 6.45) is 1.93. The predicted molar refractivity (Wildman–Crippen MR) is 80.4 cm³/mol. The SMILES string of the molecule is NNC(c1ccc2c(c1)CCO2)c1cccc2c1OCC2. The van der Waals surface area contributed by atoms with E-state index in [1.54, 1.807) is 0 Å². The van der Waals surface area contributed by atoms with Gasteiger partial charge in [-0.15, -0.1) is 0 Å². The molecule has 0 aliphatic carbocycles. The maximum absolute atomic E-state index is 5.84. The third-order valence-electron chi connectivity index (χ3n) is 4.27. The standard InChI is InChI=1S/C17H18N2O2/c18-19-16(13-4-5-15-12(10-13)7-8-20-15)14-3-1-2-11-6-9-21-17(11)14/h1-5,10,16,19H,6-9,18H2. The lowest BCUT2D eigenvalue weighted by atomic mass is 9.94. The molecule has 108 valence electrons. The van der Waals surface area contributed by atoms with E-state index in [1.165, 1.54) is 11.1 Å². The number of nitrogens with two attached hydrogens (primary N) is 1. The molecule has 0 saturated carbocycles. The molecule has 4 nitrogen and oxygen atoms in total. The molecule has 3 N–H and O–H groups in total. The van der Waals surface area contributed by atoms with E-state index >= 15 is 0 Å². The number of hydrogen-bond donors (Lipinski definition) is 2. The maximum atomic E-state index is 5.84. The highest BCUT2D eigenvalue weighted by Crippen LogP contribution is 2.37. The van der Waals surface area contributed by atoms with Gasteiger partial charge in [0.05, 0.1) is 19.3 Å². The summed E-state index contributed by atoms with van der Waals surface area (Å²) in [7, 11) is 0. The topological polar surface area (TPSA) is 56.5 Å². The van der Waals surface area contributed by atoms with Gasteiger partial charge >= 0.3 is 0 Å². The summed E-state index contributed by atoms with van der Waals surface area (Å²) in [5.41, 5.74) is 7.69. The molecule has 1 unspecified atom stereocenters. The van der Waals surface area contributed by atoms with Crippen LogP contribution in [0.4, 0.5) is 0 Å². The predicted octanol–water partition coefficient (Wildman–Crippen LogP) is 2.11. The number of hydrazine groups is 1. The average Bonchev–Trinajstić information content (AvgIpc) is 3.16. The number of hydrogen-bond acceptors (Lipinski definition) is 4. The molecule has 0 radical (unpaired) electrons. The van der Waals surface area contributed by atoms with E-state index in [-0.39, 0.29) is 6.04 Å². The largest absolute Gasteiger partial charge is 0.493 e. The zero-order chi connectivity index (χ0) is 14.2. The molecule has 0 amide bonds. The first-order valence-electron chi connectivity index (χ1n) is 7.33. The van der Waals surface area contributed by atoms with E-state index in [1.807, 2.05) is 6.07 Å². The molecule has 0 fully saturated rings. The van der Waals surface area contributed by atoms with Crippen molar-refractivity contribution in [2.45, 2.75) is 18.9 Å². The van der Waals surface area contributed by atoms with Crippen molar-refractivity contribution in [3.8, 4) is 11.5 Å². The molecule has 1 atom stereocenters. The Kier molecular flexibility index (Phi) is 3.05. The van der Waals surface area contributed by atoms with Crippen LogP contribution in [0.1, 0.15) is 28.3 Å². The molecular weight excluding hydrogens is 264 g/mol. The molecule has 2 aromatic carbocycles. The van der Waals surface area contributed by atoms with E-state index in [2.05, 4.69) is 35.8 Å². The van der Waals surface area contributed by atoms with Gasteiger partial charge in [0.15, 0.2) is 0 Å². The molecular formula is C17H18N2O2. The van der Waals surface area contributed by atoms with Gasteiger partial charge in [0.1, 0.15) is 11.5 Å². The van der Waals surface area contributed by atoms with Crippen molar-refractivity contribution in [2.24, 2.45) is 5.84 Å². The fourth-order valence-electron chi connectivity index (χ4n) is 3.22. The van der Waals surface area contributed by atoms with Crippen LogP contribution in [0, 0.1) is 0 Å². The van der Waals surface area contributed by atoms with Crippen LogP contribution in [-0.4, -0.2) is 13.2 Å². The van der Waals surface area contributed by atoms with Crippen molar-refractivity contribution in [3.63, 3.8) is 0 Å². The van der Waals surface area contributed by atoms with Crippen molar-refractivity contribution in [1.29, 1.82) is 0 Å². The van der Waals surface area contributed by atoms with Gasteiger partial charge in [-0.2, -0.15) is 0 Å². The summed E-state index contributed by atoms with van der Waals surface area (Å²) >= 11 is 0. The number of para-hydroxylation sites is 1. The van der Waals surface area contributed by atoms with Gasteiger partial charge in [-0.25, -0.2) is 5.43 Å². The number of benzene rings is 2. The van der Waals surface area contributed by atoms with E-state index in [0.29, 0.717) is 0 Å². The number of fused-ring (bicyclic) bond motifs is 2. The molecule has 2 aliphatic rings. The average molecular weight is 282 g/mol. The lowest BCUT2D eigenvalue weighted by Gasteiger charge is -2.20. The Morgan fingerprint density at radius 1 is 1.00 bits per heavy atom. The zero-order valence-electron chi connectivity index (χ0n) is 11.8. The Morgan fingerprint density at radius 2 is 1.86 bits per heavy atom. The van der Waals surface area contributed by atoms with Crippen molar-refractivity contribution < 1.29 is 9.47 Å². The molecule has 21 heavy (non-hydrogen) atoms. The summed E-state index contributed by atoms with van der Waals surface area (Å²) in [5.74, 6) is 7.81. The zero-order valence-corrected chi connectivity index (χ0v) is 11.8. The Morgan fingerprint density at radius 3 is 2.76 bits per heavy atom. The third kappa shape index (κ3) is 2.07. The number of nitrogens with one attached hydrogen (secondary N) is 1. The molecule has 0 bridgehead atoms. The molecule has 0 aromatic heterocycles. The van der Waals surface area contributed by atoms with E-state index in [0.717, 1.165) is 48.7 Å². The summed E-state index contributed by atoms with van der Waals surface area (Å²) in [6, 6.07) is 12.5. The Bertz CT molecular complexity index is 684. The summed E-state index contributed by atoms with van der Waals surface area (Å²) in [5, 5.41) is 0. The summed E-state index contributed by atoms with van der Waals surface area (Å²) in [6.45, 7) is 1.52. The molecule has 4 heteroatoms. The van der Waals surface area contributed by atoms with Crippen LogP contribution in [0.25, 0.3) is 0 Å². The Labute approximate surface area is 123 Å². The van der Waals surface area contributed by atoms with E-state index < -0.39 is 0 Å². The van der Waals surface area contributed by atoms with Gasteiger partial charge < -0.3 is 9.47 Å². The van der Waals surface area contributed by atoms with Crippen molar-refractivity contribution in [1.82, 2.24) is 5.43 Å². The monoisotopic (exact) mass is 282 g/mol. The van der Waals surface area contributed by atoms with Gasteiger partial charge in [-0.05, 0) is 22.8 Å². The molecule has 4 rings (SSSR count). The second kappa shape index (κ2) is 5.06. The molecule has 2 aromatic rings. The van der Waals surface area contributed by atoms with Gasteiger partial charge in [0, 0.05) is 18.4 Å². The van der Waals surface area contributed by atoms with Crippen LogP contribution in [0.2, 0.25) is 0 Å². The molecule has 2 aliphatic heterocycles. The molecule has 0 spiro atoms. The molecule has 2 heterocycles. The van der Waals surface area contributed by atoms with E-state index in [9.17, 15) is 0 Å². The van der Waals surface area contributed by atoms with Gasteiger partial charge in [-0.3, -0.25) is 5.84 Å². The fourth-order valence-corrected chi connectivity index (χ4v) is 3.22. The second-order valence-corrected chi connectivity index (χ2v) is 5.50. The van der Waals surface area contributed by atoms with Crippen LogP contribution in [-0.2, 0) is 12.8 Å². The summed E-state index contributed by atoms with van der Waals surface area (Å²) < 4.78 is 11.4. The highest BCUT2D eigenvalue weighted by Gasteiger charge is 2.24. The van der Waals surface area contributed by atoms with Crippen molar-refractivity contribution in [2.75, 3.05) is 13.2 Å². The minimum absolute atomic E-state index is 0.0658. The van der Waals surface area contributed by atoms with E-state index in [4.69, 9.17) is 15.3 Å².